The molecule has 156 valence electrons. The number of carbonyl (C=O) groups excluding carboxylic acids is 1. The molecule has 0 aliphatic carbocycles. The molecule has 2 amide bonds. The van der Waals surface area contributed by atoms with Gasteiger partial charge in [0.05, 0.1) is 0 Å². The molecular weight excluding hydrogens is 367 g/mol. The van der Waals surface area contributed by atoms with Gasteiger partial charge in [-0.15, -0.1) is 0 Å². The molecule has 1 saturated heterocycles. The van der Waals surface area contributed by atoms with Crippen LogP contribution in [0.1, 0.15) is 25.0 Å². The van der Waals surface area contributed by atoms with Crippen molar-refractivity contribution in [1.29, 1.82) is 0 Å². The van der Waals surface area contributed by atoms with E-state index in [0.29, 0.717) is 18.7 Å². The number of nitrogens with one attached hydrogen (secondary N) is 1. The number of carbonyl (C=O) groups is 1. The lowest BCUT2D eigenvalue weighted by Crippen LogP contribution is -2.51. The second-order valence-electron chi connectivity index (χ2n) is 7.37. The zero-order valence-electron chi connectivity index (χ0n) is 17.6. The third-order valence-electron chi connectivity index (χ3n) is 5.60. The topological polar surface area (TPSA) is 38.8 Å². The van der Waals surface area contributed by atoms with Crippen molar-refractivity contribution in [1.82, 2.24) is 10.2 Å². The van der Waals surface area contributed by atoms with Crippen LogP contribution in [0.15, 0.2) is 42.5 Å². The van der Waals surface area contributed by atoms with Crippen molar-refractivity contribution in [2.45, 2.75) is 27.3 Å². The van der Waals surface area contributed by atoms with Gasteiger partial charge in [-0.3, -0.25) is 0 Å². The number of piperazine rings is 1. The normalized spacial score (nSPS) is 14.1. The van der Waals surface area contributed by atoms with E-state index < -0.39 is 0 Å². The summed E-state index contributed by atoms with van der Waals surface area (Å²) in [5.41, 5.74) is 4.24. The second-order valence-corrected chi connectivity index (χ2v) is 7.37. The van der Waals surface area contributed by atoms with E-state index in [1.165, 1.54) is 23.0 Å². The molecule has 0 bridgehead atoms. The molecule has 5 nitrogen and oxygen atoms in total. The average molecular weight is 399 g/mol. The zero-order chi connectivity index (χ0) is 20.8. The van der Waals surface area contributed by atoms with Crippen LogP contribution in [-0.2, 0) is 6.54 Å². The van der Waals surface area contributed by atoms with Crippen LogP contribution in [0.5, 0.6) is 0 Å². The Hall–Kier alpha value is -2.76. The van der Waals surface area contributed by atoms with Gasteiger partial charge in [0.2, 0.25) is 0 Å². The molecule has 0 aromatic heterocycles. The summed E-state index contributed by atoms with van der Waals surface area (Å²) >= 11 is 0. The summed E-state index contributed by atoms with van der Waals surface area (Å²) in [7, 11) is 0. The maximum atomic E-state index is 13.7. The van der Waals surface area contributed by atoms with Crippen LogP contribution < -0.4 is 15.1 Å². The summed E-state index contributed by atoms with van der Waals surface area (Å²) in [5, 5.41) is 2.83. The number of nitrogens with zero attached hydrogens (tertiary/aromatic N) is 3. The van der Waals surface area contributed by atoms with Crippen molar-refractivity contribution in [2.75, 3.05) is 49.1 Å². The highest BCUT2D eigenvalue weighted by atomic mass is 19.1. The molecule has 6 heteroatoms. The van der Waals surface area contributed by atoms with Crippen LogP contribution in [0.3, 0.4) is 0 Å². The number of hydrogen-bond acceptors (Lipinski definition) is 3. The Morgan fingerprint density at radius 1 is 1.07 bits per heavy atom. The monoisotopic (exact) mass is 398 g/mol. The summed E-state index contributed by atoms with van der Waals surface area (Å²) < 4.78 is 13.7. The van der Waals surface area contributed by atoms with Gasteiger partial charge in [-0.2, -0.15) is 0 Å². The van der Waals surface area contributed by atoms with Crippen LogP contribution in [0.4, 0.5) is 20.6 Å². The van der Waals surface area contributed by atoms with Gasteiger partial charge in [0.1, 0.15) is 5.82 Å². The van der Waals surface area contributed by atoms with E-state index in [1.54, 1.807) is 23.1 Å². The van der Waals surface area contributed by atoms with E-state index in [-0.39, 0.29) is 18.4 Å². The molecular formula is C23H31FN4O. The fourth-order valence-electron chi connectivity index (χ4n) is 3.85. The molecule has 1 heterocycles. The summed E-state index contributed by atoms with van der Waals surface area (Å²) in [5.74, 6) is -0.291. The summed E-state index contributed by atoms with van der Waals surface area (Å²) in [6.07, 6.45) is 0. The van der Waals surface area contributed by atoms with E-state index in [2.05, 4.69) is 54.1 Å². The van der Waals surface area contributed by atoms with Gasteiger partial charge in [0.15, 0.2) is 0 Å². The Kier molecular flexibility index (Phi) is 6.96. The molecule has 0 atom stereocenters. The molecule has 29 heavy (non-hydrogen) atoms. The van der Waals surface area contributed by atoms with Crippen molar-refractivity contribution in [3.63, 3.8) is 0 Å². The van der Waals surface area contributed by atoms with Gasteiger partial charge < -0.3 is 20.0 Å². The molecule has 2 aromatic rings. The van der Waals surface area contributed by atoms with Crippen LogP contribution in [0.2, 0.25) is 0 Å². The Balaban J connectivity index is 1.55. The lowest BCUT2D eigenvalue weighted by molar-refractivity contribution is 0.194. The maximum absolute atomic E-state index is 13.7. The summed E-state index contributed by atoms with van der Waals surface area (Å²) in [4.78, 5) is 18.9. The fraction of sp³-hybridized carbons (Fsp3) is 0.435. The summed E-state index contributed by atoms with van der Waals surface area (Å²) in [6.45, 7) is 11.6. The van der Waals surface area contributed by atoms with Crippen LogP contribution in [-0.4, -0.2) is 50.2 Å². The number of urea groups is 1. The Bertz CT molecular complexity index is 829. The van der Waals surface area contributed by atoms with Crippen LogP contribution >= 0.6 is 0 Å². The van der Waals surface area contributed by atoms with Gasteiger partial charge in [0, 0.05) is 62.8 Å². The van der Waals surface area contributed by atoms with Crippen molar-refractivity contribution in [3.05, 3.63) is 59.4 Å². The first-order valence-electron chi connectivity index (χ1n) is 10.4. The first kappa shape index (κ1) is 21.0. The number of anilines is 2. The van der Waals surface area contributed by atoms with Crippen molar-refractivity contribution >= 4 is 17.4 Å². The largest absolute Gasteiger partial charge is 0.372 e. The standard InChI is InChI=1S/C23H31FN4O/c1-4-26(5-2)20-10-11-22(18(3)16-20)27-12-14-28(15-13-27)23(29)25-17-19-8-6-7-9-21(19)24/h6-11,16H,4-5,12-15,17H2,1-3H3,(H,25,29). The minimum atomic E-state index is -0.291. The number of benzene rings is 2. The van der Waals surface area contributed by atoms with E-state index in [9.17, 15) is 9.18 Å². The molecule has 0 spiro atoms. The summed E-state index contributed by atoms with van der Waals surface area (Å²) in [6, 6.07) is 13.0. The molecule has 1 N–H and O–H groups in total. The molecule has 1 fully saturated rings. The molecule has 2 aromatic carbocycles. The van der Waals surface area contributed by atoms with E-state index in [0.717, 1.165) is 26.2 Å². The van der Waals surface area contributed by atoms with Gasteiger partial charge in [0.25, 0.3) is 0 Å². The Labute approximate surface area is 173 Å². The molecule has 1 aliphatic heterocycles. The lowest BCUT2D eigenvalue weighted by atomic mass is 10.1. The molecule has 1 aliphatic rings. The number of rotatable bonds is 6. The van der Waals surface area contributed by atoms with Crippen molar-refractivity contribution in [3.8, 4) is 0 Å². The SMILES string of the molecule is CCN(CC)c1ccc(N2CCN(C(=O)NCc3ccccc3F)CC2)c(C)c1. The van der Waals surface area contributed by atoms with Crippen molar-refractivity contribution in [2.24, 2.45) is 0 Å². The number of aryl methyl sites for hydroxylation is 1. The maximum Gasteiger partial charge on any atom is 0.317 e. The molecule has 0 unspecified atom stereocenters. The predicted molar refractivity (Wildman–Crippen MR) is 117 cm³/mol. The minimum absolute atomic E-state index is 0.137. The van der Waals surface area contributed by atoms with E-state index in [1.807, 2.05) is 0 Å². The quantitative estimate of drug-likeness (QED) is 0.799. The zero-order valence-corrected chi connectivity index (χ0v) is 17.6. The van der Waals surface area contributed by atoms with Crippen molar-refractivity contribution < 1.29 is 9.18 Å². The lowest BCUT2D eigenvalue weighted by Gasteiger charge is -2.37. The molecule has 3 rings (SSSR count). The average Bonchev–Trinajstić information content (AvgIpc) is 2.74. The van der Waals surface area contributed by atoms with Gasteiger partial charge >= 0.3 is 6.03 Å². The second kappa shape index (κ2) is 9.63. The Morgan fingerprint density at radius 3 is 2.38 bits per heavy atom. The molecule has 0 radical (unpaired) electrons. The smallest absolute Gasteiger partial charge is 0.317 e. The predicted octanol–water partition coefficient (Wildman–Crippen LogP) is 4.01. The first-order valence-corrected chi connectivity index (χ1v) is 10.4. The number of amides is 2. The number of halogens is 1. The van der Waals surface area contributed by atoms with Crippen LogP contribution in [0, 0.1) is 12.7 Å². The highest BCUT2D eigenvalue weighted by Crippen LogP contribution is 2.26. The third-order valence-corrected chi connectivity index (χ3v) is 5.60. The molecule has 0 saturated carbocycles. The van der Waals surface area contributed by atoms with Gasteiger partial charge in [-0.05, 0) is 50.6 Å². The van der Waals surface area contributed by atoms with E-state index >= 15 is 0 Å². The Morgan fingerprint density at radius 2 is 1.76 bits per heavy atom. The first-order chi connectivity index (χ1) is 14.0. The van der Waals surface area contributed by atoms with E-state index in [4.69, 9.17) is 0 Å². The number of hydrogen-bond donors (Lipinski definition) is 1. The minimum Gasteiger partial charge on any atom is -0.372 e. The van der Waals surface area contributed by atoms with Gasteiger partial charge in [-0.1, -0.05) is 18.2 Å². The highest BCUT2D eigenvalue weighted by Gasteiger charge is 2.22. The highest BCUT2D eigenvalue weighted by molar-refractivity contribution is 5.74. The fourth-order valence-corrected chi connectivity index (χ4v) is 3.85. The third kappa shape index (κ3) is 5.00. The van der Waals surface area contributed by atoms with Gasteiger partial charge in [-0.25, -0.2) is 9.18 Å². The van der Waals surface area contributed by atoms with Crippen LogP contribution in [0.25, 0.3) is 0 Å².